The first-order valence-corrected chi connectivity index (χ1v) is 7.80. The largest absolute Gasteiger partial charge is 0.378 e. The normalized spacial score (nSPS) is 19.5. The lowest BCUT2D eigenvalue weighted by Crippen LogP contribution is -2.39. The van der Waals surface area contributed by atoms with E-state index in [0.29, 0.717) is 6.61 Å². The number of nitrogens with one attached hydrogen (secondary N) is 2. The molecule has 2 aromatic heterocycles. The standard InChI is InChI=1S/C17H19FN4O/c1-11-13-8-12(18)2-3-14(13)20-16(11)9-22-6-7-23-10-17(22)15-4-5-19-21-15/h2-5,8,17,20H,6-7,9-10H2,1H3,(H,19,21). The number of benzene rings is 1. The molecule has 1 aliphatic heterocycles. The van der Waals surface area contributed by atoms with Gasteiger partial charge in [0.25, 0.3) is 0 Å². The highest BCUT2D eigenvalue weighted by Crippen LogP contribution is 2.28. The molecular weight excluding hydrogens is 295 g/mol. The van der Waals surface area contributed by atoms with Crippen molar-refractivity contribution in [1.29, 1.82) is 0 Å². The summed E-state index contributed by atoms with van der Waals surface area (Å²) in [5.41, 5.74) is 4.26. The van der Waals surface area contributed by atoms with Crippen LogP contribution in [0.2, 0.25) is 0 Å². The van der Waals surface area contributed by atoms with Gasteiger partial charge in [0.05, 0.1) is 24.9 Å². The van der Waals surface area contributed by atoms with Crippen molar-refractivity contribution >= 4 is 10.9 Å². The maximum absolute atomic E-state index is 13.5. The van der Waals surface area contributed by atoms with Crippen molar-refractivity contribution in [2.24, 2.45) is 0 Å². The smallest absolute Gasteiger partial charge is 0.123 e. The number of H-pyrrole nitrogens is 2. The molecule has 6 heteroatoms. The predicted octanol–water partition coefficient (Wildman–Crippen LogP) is 2.91. The van der Waals surface area contributed by atoms with Gasteiger partial charge in [-0.1, -0.05) is 0 Å². The van der Waals surface area contributed by atoms with E-state index >= 15 is 0 Å². The number of hydrogen-bond donors (Lipinski definition) is 2. The Hall–Kier alpha value is -2.18. The van der Waals surface area contributed by atoms with E-state index in [1.165, 1.54) is 6.07 Å². The van der Waals surface area contributed by atoms with E-state index in [0.717, 1.165) is 47.6 Å². The number of rotatable bonds is 3. The van der Waals surface area contributed by atoms with Gasteiger partial charge in [0, 0.05) is 35.9 Å². The summed E-state index contributed by atoms with van der Waals surface area (Å²) in [6.45, 7) is 5.04. The molecule has 1 unspecified atom stereocenters. The highest BCUT2D eigenvalue weighted by Gasteiger charge is 2.26. The van der Waals surface area contributed by atoms with Crippen LogP contribution in [-0.4, -0.2) is 39.8 Å². The topological polar surface area (TPSA) is 56.9 Å². The van der Waals surface area contributed by atoms with E-state index < -0.39 is 0 Å². The number of halogens is 1. The second-order valence-electron chi connectivity index (χ2n) is 5.99. The zero-order chi connectivity index (χ0) is 15.8. The Balaban J connectivity index is 1.64. The molecule has 3 aromatic rings. The van der Waals surface area contributed by atoms with E-state index in [-0.39, 0.29) is 11.9 Å². The zero-order valence-electron chi connectivity index (χ0n) is 13.0. The summed E-state index contributed by atoms with van der Waals surface area (Å²) in [4.78, 5) is 5.80. The van der Waals surface area contributed by atoms with Crippen LogP contribution < -0.4 is 0 Å². The van der Waals surface area contributed by atoms with Crippen molar-refractivity contribution < 1.29 is 9.13 Å². The Morgan fingerprint density at radius 1 is 1.39 bits per heavy atom. The summed E-state index contributed by atoms with van der Waals surface area (Å²) >= 11 is 0. The predicted molar refractivity (Wildman–Crippen MR) is 85.6 cm³/mol. The lowest BCUT2D eigenvalue weighted by atomic mass is 10.1. The van der Waals surface area contributed by atoms with Crippen LogP contribution in [0.1, 0.15) is 23.0 Å². The zero-order valence-corrected chi connectivity index (χ0v) is 13.0. The van der Waals surface area contributed by atoms with Crippen LogP contribution in [0.3, 0.4) is 0 Å². The minimum absolute atomic E-state index is 0.161. The molecule has 5 nitrogen and oxygen atoms in total. The summed E-state index contributed by atoms with van der Waals surface area (Å²) in [6.07, 6.45) is 1.76. The average Bonchev–Trinajstić information content (AvgIpc) is 3.18. The van der Waals surface area contributed by atoms with Crippen LogP contribution in [0, 0.1) is 12.7 Å². The van der Waals surface area contributed by atoms with Crippen LogP contribution in [0.4, 0.5) is 4.39 Å². The molecule has 1 saturated heterocycles. The molecule has 0 radical (unpaired) electrons. The van der Waals surface area contributed by atoms with Crippen molar-refractivity contribution in [2.45, 2.75) is 19.5 Å². The number of aryl methyl sites for hydroxylation is 1. The first kappa shape index (κ1) is 14.4. The van der Waals surface area contributed by atoms with E-state index in [1.54, 1.807) is 18.3 Å². The first-order valence-electron chi connectivity index (χ1n) is 7.80. The van der Waals surface area contributed by atoms with Crippen LogP contribution in [0.15, 0.2) is 30.5 Å². The molecule has 120 valence electrons. The molecular formula is C17H19FN4O. The molecule has 1 aromatic carbocycles. The third-order valence-electron chi connectivity index (χ3n) is 4.61. The van der Waals surface area contributed by atoms with E-state index in [9.17, 15) is 4.39 Å². The molecule has 3 heterocycles. The molecule has 2 N–H and O–H groups in total. The van der Waals surface area contributed by atoms with Gasteiger partial charge < -0.3 is 9.72 Å². The minimum atomic E-state index is -0.201. The van der Waals surface area contributed by atoms with Gasteiger partial charge in [-0.15, -0.1) is 0 Å². The molecule has 0 aliphatic carbocycles. The highest BCUT2D eigenvalue weighted by molar-refractivity contribution is 5.84. The highest BCUT2D eigenvalue weighted by atomic mass is 19.1. The van der Waals surface area contributed by atoms with Gasteiger partial charge >= 0.3 is 0 Å². The van der Waals surface area contributed by atoms with Crippen LogP contribution in [0.25, 0.3) is 10.9 Å². The van der Waals surface area contributed by atoms with Crippen LogP contribution in [-0.2, 0) is 11.3 Å². The number of nitrogens with zero attached hydrogens (tertiary/aromatic N) is 2. The summed E-state index contributed by atoms with van der Waals surface area (Å²) in [6, 6.07) is 7.03. The van der Waals surface area contributed by atoms with Gasteiger partial charge in [-0.3, -0.25) is 10.00 Å². The molecule has 1 atom stereocenters. The first-order chi connectivity index (χ1) is 11.2. The van der Waals surface area contributed by atoms with Gasteiger partial charge in [0.2, 0.25) is 0 Å². The Morgan fingerprint density at radius 2 is 2.30 bits per heavy atom. The number of hydrogen-bond acceptors (Lipinski definition) is 3. The van der Waals surface area contributed by atoms with Crippen molar-refractivity contribution in [2.75, 3.05) is 19.8 Å². The Bertz CT molecular complexity index is 811. The summed E-state index contributed by atoms with van der Waals surface area (Å²) in [7, 11) is 0. The van der Waals surface area contributed by atoms with Gasteiger partial charge in [-0.05, 0) is 36.8 Å². The minimum Gasteiger partial charge on any atom is -0.378 e. The van der Waals surface area contributed by atoms with Crippen molar-refractivity contribution in [3.63, 3.8) is 0 Å². The molecule has 23 heavy (non-hydrogen) atoms. The second kappa shape index (κ2) is 5.79. The summed E-state index contributed by atoms with van der Waals surface area (Å²) < 4.78 is 19.1. The summed E-state index contributed by atoms with van der Waals surface area (Å²) in [5, 5.41) is 8.03. The maximum atomic E-state index is 13.5. The molecule has 0 saturated carbocycles. The van der Waals surface area contributed by atoms with E-state index in [1.807, 2.05) is 13.0 Å². The SMILES string of the molecule is Cc1c(CN2CCOCC2c2ccn[nH]2)[nH]c2ccc(F)cc12. The molecule has 1 aliphatic rings. The third-order valence-corrected chi connectivity index (χ3v) is 4.61. The fourth-order valence-corrected chi connectivity index (χ4v) is 3.28. The second-order valence-corrected chi connectivity index (χ2v) is 5.99. The lowest BCUT2D eigenvalue weighted by molar-refractivity contribution is -0.0148. The average molecular weight is 314 g/mol. The van der Waals surface area contributed by atoms with E-state index in [2.05, 4.69) is 20.1 Å². The fourth-order valence-electron chi connectivity index (χ4n) is 3.28. The summed E-state index contributed by atoms with van der Waals surface area (Å²) in [5.74, 6) is -0.201. The number of morpholine rings is 1. The number of ether oxygens (including phenoxy) is 1. The van der Waals surface area contributed by atoms with Gasteiger partial charge in [0.15, 0.2) is 0 Å². The number of fused-ring (bicyclic) bond motifs is 1. The van der Waals surface area contributed by atoms with Crippen molar-refractivity contribution in [3.8, 4) is 0 Å². The molecule has 0 spiro atoms. The quantitative estimate of drug-likeness (QED) is 0.781. The van der Waals surface area contributed by atoms with Crippen molar-refractivity contribution in [1.82, 2.24) is 20.1 Å². The Morgan fingerprint density at radius 3 is 3.13 bits per heavy atom. The molecule has 1 fully saturated rings. The maximum Gasteiger partial charge on any atom is 0.123 e. The number of aromatic amines is 2. The number of aromatic nitrogens is 3. The van der Waals surface area contributed by atoms with E-state index in [4.69, 9.17) is 4.74 Å². The van der Waals surface area contributed by atoms with Gasteiger partial charge in [0.1, 0.15) is 5.82 Å². The Labute approximate surface area is 133 Å². The third kappa shape index (κ3) is 2.64. The Kier molecular flexibility index (Phi) is 3.63. The molecule has 0 bridgehead atoms. The monoisotopic (exact) mass is 314 g/mol. The molecule has 4 rings (SSSR count). The molecule has 0 amide bonds. The van der Waals surface area contributed by atoms with Gasteiger partial charge in [-0.2, -0.15) is 5.10 Å². The lowest BCUT2D eigenvalue weighted by Gasteiger charge is -2.34. The van der Waals surface area contributed by atoms with Gasteiger partial charge in [-0.25, -0.2) is 4.39 Å². The van der Waals surface area contributed by atoms with Crippen LogP contribution in [0.5, 0.6) is 0 Å². The van der Waals surface area contributed by atoms with Crippen molar-refractivity contribution in [3.05, 3.63) is 53.2 Å². The van der Waals surface area contributed by atoms with Crippen LogP contribution >= 0.6 is 0 Å². The fraction of sp³-hybridized carbons (Fsp3) is 0.353.